The van der Waals surface area contributed by atoms with Crippen molar-refractivity contribution >= 4 is 43.1 Å². The molecule has 0 bridgehead atoms. The van der Waals surface area contributed by atoms with Crippen LogP contribution >= 0.6 is 11.3 Å². The van der Waals surface area contributed by atoms with Crippen molar-refractivity contribution in [3.63, 3.8) is 0 Å². The van der Waals surface area contributed by atoms with Gasteiger partial charge in [0.15, 0.2) is 5.84 Å². The van der Waals surface area contributed by atoms with Crippen LogP contribution in [0.3, 0.4) is 0 Å². The van der Waals surface area contributed by atoms with E-state index in [-0.39, 0.29) is 10.7 Å². The lowest BCUT2D eigenvalue weighted by Crippen LogP contribution is -2.30. The van der Waals surface area contributed by atoms with Gasteiger partial charge in [-0.05, 0) is 50.0 Å². The molecule has 4 rings (SSSR count). The van der Waals surface area contributed by atoms with Gasteiger partial charge < -0.3 is 20.7 Å². The monoisotopic (exact) mass is 552 g/mol. The Morgan fingerprint density at radius 1 is 1.05 bits per heavy atom. The number of amidine groups is 1. The Labute approximate surface area is 227 Å². The zero-order valence-corrected chi connectivity index (χ0v) is 23.2. The van der Waals surface area contributed by atoms with Gasteiger partial charge in [-0.2, -0.15) is 0 Å². The topological polar surface area (TPSA) is 124 Å². The number of nitrogens with zero attached hydrogens (tertiary/aromatic N) is 4. The van der Waals surface area contributed by atoms with Crippen LogP contribution in [0.15, 0.2) is 82.8 Å². The Bertz CT molecular complexity index is 1520. The number of anilines is 1. The molecule has 11 heteroatoms. The number of hydrogen-bond donors (Lipinski definition) is 3. The zero-order valence-electron chi connectivity index (χ0n) is 21.6. The summed E-state index contributed by atoms with van der Waals surface area (Å²) in [6.45, 7) is 1.78. The van der Waals surface area contributed by atoms with Crippen LogP contribution < -0.4 is 15.4 Å². The molecule has 1 atom stereocenters. The van der Waals surface area contributed by atoms with Gasteiger partial charge in [0.1, 0.15) is 0 Å². The number of thiazole rings is 1. The van der Waals surface area contributed by atoms with E-state index >= 15 is 0 Å². The van der Waals surface area contributed by atoms with E-state index in [2.05, 4.69) is 32.8 Å². The minimum absolute atomic E-state index is 0.0538. The smallest absolute Gasteiger partial charge is 0.241 e. The molecule has 0 amide bonds. The molecule has 3 aromatic carbocycles. The third-order valence-electron chi connectivity index (χ3n) is 6.15. The average Bonchev–Trinajstić information content (AvgIpc) is 3.34. The normalized spacial score (nSPS) is 13.2. The van der Waals surface area contributed by atoms with E-state index in [1.54, 1.807) is 59.9 Å². The maximum absolute atomic E-state index is 13.3. The summed E-state index contributed by atoms with van der Waals surface area (Å²) in [5.41, 5.74) is 8.94. The molecule has 1 aromatic heterocycles. The number of hydrogen-bond acceptors (Lipinski definition) is 8. The van der Waals surface area contributed by atoms with E-state index in [0.29, 0.717) is 17.5 Å². The summed E-state index contributed by atoms with van der Waals surface area (Å²) < 4.78 is 30.5. The molecule has 0 saturated heterocycles. The van der Waals surface area contributed by atoms with Gasteiger partial charge in [0.05, 0.1) is 31.8 Å². The molecule has 4 N–H and O–H groups in total. The van der Waals surface area contributed by atoms with Crippen molar-refractivity contribution in [1.29, 1.82) is 0 Å². The summed E-state index contributed by atoms with van der Waals surface area (Å²) >= 11 is 1.56. The number of rotatable bonds is 11. The summed E-state index contributed by atoms with van der Waals surface area (Å²) in [6, 6.07) is 20.7. The SMILES string of the molecule is CN(C)CCN(C)c1cccc2nc(CC(NS(=O)(=O)c3ccccc3)c3cccc(C(N)=NO)c3)sc12. The largest absolute Gasteiger partial charge is 0.409 e. The Kier molecular flexibility index (Phi) is 8.62. The van der Waals surface area contributed by atoms with Crippen LogP contribution in [-0.2, 0) is 16.4 Å². The second kappa shape index (κ2) is 11.9. The molecule has 4 aromatic rings. The van der Waals surface area contributed by atoms with Crippen molar-refractivity contribution in [2.75, 3.05) is 39.1 Å². The van der Waals surface area contributed by atoms with Gasteiger partial charge in [0.25, 0.3) is 0 Å². The molecular formula is C27H32N6O3S2. The van der Waals surface area contributed by atoms with Crippen LogP contribution in [-0.4, -0.2) is 63.6 Å². The average molecular weight is 553 g/mol. The van der Waals surface area contributed by atoms with E-state index < -0.39 is 16.1 Å². The molecule has 200 valence electrons. The van der Waals surface area contributed by atoms with Crippen molar-refractivity contribution in [3.8, 4) is 0 Å². The first-order valence-electron chi connectivity index (χ1n) is 12.1. The van der Waals surface area contributed by atoms with Crippen LogP contribution in [0.5, 0.6) is 0 Å². The van der Waals surface area contributed by atoms with Gasteiger partial charge >= 0.3 is 0 Å². The summed E-state index contributed by atoms with van der Waals surface area (Å²) in [6.07, 6.45) is 0.325. The minimum Gasteiger partial charge on any atom is -0.409 e. The number of oxime groups is 1. The van der Waals surface area contributed by atoms with Crippen molar-refractivity contribution in [2.24, 2.45) is 10.9 Å². The third kappa shape index (κ3) is 6.48. The van der Waals surface area contributed by atoms with E-state index in [1.807, 2.05) is 32.3 Å². The number of likely N-dealkylation sites (N-methyl/N-ethyl adjacent to an activating group) is 2. The highest BCUT2D eigenvalue weighted by Crippen LogP contribution is 2.34. The zero-order chi connectivity index (χ0) is 27.3. The predicted octanol–water partition coefficient (Wildman–Crippen LogP) is 3.65. The summed E-state index contributed by atoms with van der Waals surface area (Å²) in [7, 11) is 2.33. The van der Waals surface area contributed by atoms with Gasteiger partial charge in [0, 0.05) is 32.1 Å². The molecule has 9 nitrogen and oxygen atoms in total. The Morgan fingerprint density at radius 3 is 2.50 bits per heavy atom. The molecule has 0 saturated carbocycles. The van der Waals surface area contributed by atoms with E-state index in [9.17, 15) is 8.42 Å². The molecular weight excluding hydrogens is 520 g/mol. The van der Waals surface area contributed by atoms with Crippen LogP contribution in [0.1, 0.15) is 22.2 Å². The number of aromatic nitrogens is 1. The van der Waals surface area contributed by atoms with Crippen molar-refractivity contribution < 1.29 is 13.6 Å². The molecule has 1 heterocycles. The molecule has 0 aliphatic carbocycles. The maximum Gasteiger partial charge on any atom is 0.241 e. The van der Waals surface area contributed by atoms with E-state index in [0.717, 1.165) is 34.0 Å². The second-order valence-electron chi connectivity index (χ2n) is 9.26. The fourth-order valence-electron chi connectivity index (χ4n) is 4.07. The molecule has 0 fully saturated rings. The standard InChI is InChI=1S/C27H32N6O3S2/c1-32(2)15-16-33(3)24-14-8-13-22-26(24)37-25(29-22)18-23(19-9-7-10-20(17-19)27(28)30-34)31-38(35,36)21-11-5-4-6-12-21/h4-14,17,23,31,34H,15-16,18H2,1-3H3,(H2,28,30). The fraction of sp³-hybridized carbons (Fsp3) is 0.259. The number of sulfonamides is 1. The number of nitrogens with two attached hydrogens (primary N) is 1. The highest BCUT2D eigenvalue weighted by molar-refractivity contribution is 7.89. The molecule has 0 aliphatic heterocycles. The lowest BCUT2D eigenvalue weighted by molar-refractivity contribution is 0.318. The van der Waals surface area contributed by atoms with Crippen molar-refractivity contribution in [3.05, 3.63) is 88.9 Å². The lowest BCUT2D eigenvalue weighted by Gasteiger charge is -2.22. The number of fused-ring (bicyclic) bond motifs is 1. The first kappa shape index (κ1) is 27.5. The van der Waals surface area contributed by atoms with Crippen molar-refractivity contribution in [2.45, 2.75) is 17.4 Å². The second-order valence-corrected chi connectivity index (χ2v) is 12.1. The Hall–Kier alpha value is -3.51. The van der Waals surface area contributed by atoms with Crippen molar-refractivity contribution in [1.82, 2.24) is 14.6 Å². The number of nitrogens with one attached hydrogen (secondary N) is 1. The fourth-order valence-corrected chi connectivity index (χ4v) is 6.49. The maximum atomic E-state index is 13.3. The molecule has 1 unspecified atom stereocenters. The summed E-state index contributed by atoms with van der Waals surface area (Å²) in [5, 5.41) is 13.0. The quantitative estimate of drug-likeness (QED) is 0.112. The Morgan fingerprint density at radius 2 is 1.79 bits per heavy atom. The minimum atomic E-state index is -3.83. The highest BCUT2D eigenvalue weighted by atomic mass is 32.2. The van der Waals surface area contributed by atoms with Gasteiger partial charge in [0.2, 0.25) is 10.0 Å². The predicted molar refractivity (Wildman–Crippen MR) is 154 cm³/mol. The molecule has 0 aliphatic rings. The van der Waals surface area contributed by atoms with Gasteiger partial charge in [-0.25, -0.2) is 18.1 Å². The first-order valence-corrected chi connectivity index (χ1v) is 14.4. The number of benzene rings is 3. The molecule has 38 heavy (non-hydrogen) atoms. The van der Waals surface area contributed by atoms with Gasteiger partial charge in [-0.15, -0.1) is 11.3 Å². The van der Waals surface area contributed by atoms with Crippen LogP contribution in [0.25, 0.3) is 10.2 Å². The lowest BCUT2D eigenvalue weighted by atomic mass is 10.0. The molecule has 0 spiro atoms. The van der Waals surface area contributed by atoms with E-state index in [4.69, 9.17) is 15.9 Å². The molecule has 0 radical (unpaired) electrons. The summed E-state index contributed by atoms with van der Waals surface area (Å²) in [5.74, 6) is -0.0538. The third-order valence-corrected chi connectivity index (χ3v) is 8.76. The highest BCUT2D eigenvalue weighted by Gasteiger charge is 2.24. The van der Waals surface area contributed by atoms with E-state index in [1.165, 1.54) is 0 Å². The first-order chi connectivity index (χ1) is 18.2. The van der Waals surface area contributed by atoms with Crippen LogP contribution in [0.2, 0.25) is 0 Å². The van der Waals surface area contributed by atoms with Gasteiger partial charge in [-0.3, -0.25) is 0 Å². The van der Waals surface area contributed by atoms with Crippen LogP contribution in [0.4, 0.5) is 5.69 Å². The van der Waals surface area contributed by atoms with Gasteiger partial charge in [-0.1, -0.05) is 47.6 Å². The van der Waals surface area contributed by atoms with Crippen LogP contribution in [0, 0.1) is 0 Å². The Balaban J connectivity index is 1.71. The summed E-state index contributed by atoms with van der Waals surface area (Å²) in [4.78, 5) is 9.37.